The third kappa shape index (κ3) is 3.94. The van der Waals surface area contributed by atoms with Gasteiger partial charge in [0.1, 0.15) is 9.88 Å². The van der Waals surface area contributed by atoms with Gasteiger partial charge in [0.05, 0.1) is 5.02 Å². The Morgan fingerprint density at radius 2 is 2.19 bits per heavy atom. The molecule has 2 rings (SSSR count). The van der Waals surface area contributed by atoms with Crippen LogP contribution in [0.4, 0.5) is 0 Å². The maximum atomic E-state index is 12.4. The van der Waals surface area contributed by atoms with Gasteiger partial charge in [-0.05, 0) is 30.4 Å². The molecule has 2 unspecified atom stereocenters. The molecule has 0 radical (unpaired) electrons. The van der Waals surface area contributed by atoms with Crippen molar-refractivity contribution >= 4 is 38.8 Å². The van der Waals surface area contributed by atoms with Gasteiger partial charge in [-0.25, -0.2) is 13.1 Å². The standard InChI is InChI=1S/C14H19ClN2O2S2/c1-9-3-2-4-11(9)8-17-21(18,19)13-7-10(14(16)20)5-6-12(13)15/h5-7,9,11,17H,2-4,8H2,1H3,(H2,16,20). The molecule has 116 valence electrons. The summed E-state index contributed by atoms with van der Waals surface area (Å²) < 4.78 is 27.5. The smallest absolute Gasteiger partial charge is 0.242 e. The predicted octanol–water partition coefficient (Wildman–Crippen LogP) is 2.69. The summed E-state index contributed by atoms with van der Waals surface area (Å²) in [4.78, 5) is 0.174. The summed E-state index contributed by atoms with van der Waals surface area (Å²) in [6, 6.07) is 4.54. The van der Waals surface area contributed by atoms with Crippen molar-refractivity contribution in [1.29, 1.82) is 0 Å². The van der Waals surface area contributed by atoms with E-state index in [0.29, 0.717) is 23.9 Å². The van der Waals surface area contributed by atoms with Crippen molar-refractivity contribution < 1.29 is 8.42 Å². The Labute approximate surface area is 136 Å². The monoisotopic (exact) mass is 346 g/mol. The number of rotatable bonds is 5. The molecule has 1 aromatic carbocycles. The first kappa shape index (κ1) is 16.7. The normalized spacial score (nSPS) is 22.4. The fourth-order valence-electron chi connectivity index (χ4n) is 2.68. The minimum atomic E-state index is -3.65. The Balaban J connectivity index is 2.19. The van der Waals surface area contributed by atoms with Crippen LogP contribution in [-0.4, -0.2) is 20.0 Å². The van der Waals surface area contributed by atoms with Gasteiger partial charge in [-0.2, -0.15) is 0 Å². The molecule has 0 saturated heterocycles. The molecular weight excluding hydrogens is 328 g/mol. The average molecular weight is 347 g/mol. The molecule has 0 spiro atoms. The van der Waals surface area contributed by atoms with E-state index >= 15 is 0 Å². The maximum Gasteiger partial charge on any atom is 0.242 e. The Morgan fingerprint density at radius 3 is 2.76 bits per heavy atom. The van der Waals surface area contributed by atoms with Gasteiger partial charge in [0, 0.05) is 12.1 Å². The molecule has 7 heteroatoms. The number of halogens is 1. The number of nitrogens with one attached hydrogen (secondary N) is 1. The lowest BCUT2D eigenvalue weighted by molar-refractivity contribution is 0.414. The number of thiocarbonyl (C=S) groups is 1. The number of hydrogen-bond acceptors (Lipinski definition) is 3. The van der Waals surface area contributed by atoms with Gasteiger partial charge in [-0.15, -0.1) is 0 Å². The molecule has 1 aliphatic carbocycles. The van der Waals surface area contributed by atoms with E-state index in [1.807, 2.05) is 0 Å². The van der Waals surface area contributed by atoms with Gasteiger partial charge < -0.3 is 5.73 Å². The summed E-state index contributed by atoms with van der Waals surface area (Å²) in [5.74, 6) is 0.934. The third-order valence-corrected chi connectivity index (χ3v) is 6.22. The van der Waals surface area contributed by atoms with E-state index in [2.05, 4.69) is 11.6 Å². The van der Waals surface area contributed by atoms with E-state index in [-0.39, 0.29) is 14.9 Å². The zero-order valence-electron chi connectivity index (χ0n) is 11.8. The van der Waals surface area contributed by atoms with Crippen molar-refractivity contribution in [1.82, 2.24) is 4.72 Å². The summed E-state index contributed by atoms with van der Waals surface area (Å²) >= 11 is 10.9. The lowest BCUT2D eigenvalue weighted by atomic mass is 9.99. The molecule has 0 bridgehead atoms. The molecule has 3 N–H and O–H groups in total. The van der Waals surface area contributed by atoms with E-state index < -0.39 is 10.0 Å². The van der Waals surface area contributed by atoms with Crippen LogP contribution >= 0.6 is 23.8 Å². The largest absolute Gasteiger partial charge is 0.389 e. The summed E-state index contributed by atoms with van der Waals surface area (Å²) in [6.07, 6.45) is 3.37. The molecule has 0 amide bonds. The minimum Gasteiger partial charge on any atom is -0.389 e. The zero-order valence-corrected chi connectivity index (χ0v) is 14.2. The van der Waals surface area contributed by atoms with E-state index in [4.69, 9.17) is 29.6 Å². The van der Waals surface area contributed by atoms with Crippen LogP contribution in [0.1, 0.15) is 31.7 Å². The molecule has 0 aromatic heterocycles. The first-order chi connectivity index (χ1) is 9.81. The highest BCUT2D eigenvalue weighted by Crippen LogP contribution is 2.31. The molecule has 4 nitrogen and oxygen atoms in total. The molecule has 1 saturated carbocycles. The first-order valence-corrected chi connectivity index (χ1v) is 9.17. The van der Waals surface area contributed by atoms with Crippen molar-refractivity contribution in [3.05, 3.63) is 28.8 Å². The molecular formula is C14H19ClN2O2S2. The lowest BCUT2D eigenvalue weighted by Gasteiger charge is -2.16. The van der Waals surface area contributed by atoms with E-state index in [9.17, 15) is 8.42 Å². The average Bonchev–Trinajstić information content (AvgIpc) is 2.82. The highest BCUT2D eigenvalue weighted by molar-refractivity contribution is 7.89. The molecule has 0 heterocycles. The highest BCUT2D eigenvalue weighted by Gasteiger charge is 2.26. The third-order valence-electron chi connectivity index (χ3n) is 4.08. The van der Waals surface area contributed by atoms with Gasteiger partial charge in [-0.1, -0.05) is 49.7 Å². The maximum absolute atomic E-state index is 12.4. The van der Waals surface area contributed by atoms with E-state index in [1.165, 1.54) is 12.1 Å². The van der Waals surface area contributed by atoms with Crippen LogP contribution < -0.4 is 10.5 Å². The van der Waals surface area contributed by atoms with Crippen molar-refractivity contribution in [2.75, 3.05) is 6.54 Å². The number of nitrogens with two attached hydrogens (primary N) is 1. The van der Waals surface area contributed by atoms with E-state index in [0.717, 1.165) is 19.3 Å². The molecule has 1 aliphatic rings. The quantitative estimate of drug-likeness (QED) is 0.804. The lowest BCUT2D eigenvalue weighted by Crippen LogP contribution is -2.30. The van der Waals surface area contributed by atoms with Gasteiger partial charge in [0.2, 0.25) is 10.0 Å². The SMILES string of the molecule is CC1CCCC1CNS(=O)(=O)c1cc(C(N)=S)ccc1Cl. The van der Waals surface area contributed by atoms with Crippen molar-refractivity contribution in [3.63, 3.8) is 0 Å². The summed E-state index contributed by atoms with van der Waals surface area (Å²) in [5.41, 5.74) is 6.03. The first-order valence-electron chi connectivity index (χ1n) is 6.90. The number of hydrogen-bond donors (Lipinski definition) is 2. The predicted molar refractivity (Wildman–Crippen MR) is 89.0 cm³/mol. The Hall–Kier alpha value is -0.690. The van der Waals surface area contributed by atoms with Gasteiger partial charge in [0.25, 0.3) is 0 Å². The van der Waals surface area contributed by atoms with Crippen molar-refractivity contribution in [2.24, 2.45) is 17.6 Å². The second kappa shape index (κ2) is 6.60. The Bertz CT molecular complexity index is 646. The topological polar surface area (TPSA) is 72.2 Å². The minimum absolute atomic E-state index is 0.0279. The number of benzene rings is 1. The molecule has 1 fully saturated rings. The summed E-state index contributed by atoms with van der Waals surface area (Å²) in [6.45, 7) is 2.60. The second-order valence-electron chi connectivity index (χ2n) is 5.53. The Kier molecular flexibility index (Phi) is 5.24. The Morgan fingerprint density at radius 1 is 1.48 bits per heavy atom. The van der Waals surface area contributed by atoms with Crippen LogP contribution in [0.25, 0.3) is 0 Å². The van der Waals surface area contributed by atoms with Crippen LogP contribution in [0, 0.1) is 11.8 Å². The van der Waals surface area contributed by atoms with Gasteiger partial charge in [0.15, 0.2) is 0 Å². The fourth-order valence-corrected chi connectivity index (χ4v) is 4.43. The summed E-state index contributed by atoms with van der Waals surface area (Å²) in [7, 11) is -3.65. The molecule has 2 atom stereocenters. The van der Waals surface area contributed by atoms with Crippen LogP contribution in [0.15, 0.2) is 23.1 Å². The molecule has 21 heavy (non-hydrogen) atoms. The van der Waals surface area contributed by atoms with Crippen LogP contribution in [-0.2, 0) is 10.0 Å². The van der Waals surface area contributed by atoms with Crippen LogP contribution in [0.3, 0.4) is 0 Å². The van der Waals surface area contributed by atoms with Crippen molar-refractivity contribution in [2.45, 2.75) is 31.1 Å². The second-order valence-corrected chi connectivity index (χ2v) is 8.11. The van der Waals surface area contributed by atoms with Gasteiger partial charge in [-0.3, -0.25) is 0 Å². The van der Waals surface area contributed by atoms with E-state index in [1.54, 1.807) is 6.07 Å². The molecule has 1 aromatic rings. The fraction of sp³-hybridized carbons (Fsp3) is 0.500. The summed E-state index contributed by atoms with van der Waals surface area (Å²) in [5, 5.41) is 0.168. The zero-order chi connectivity index (χ0) is 15.6. The molecule has 0 aliphatic heterocycles. The van der Waals surface area contributed by atoms with Gasteiger partial charge >= 0.3 is 0 Å². The van der Waals surface area contributed by atoms with Crippen molar-refractivity contribution in [3.8, 4) is 0 Å². The van der Waals surface area contributed by atoms with Crippen LogP contribution in [0.5, 0.6) is 0 Å². The van der Waals surface area contributed by atoms with Crippen LogP contribution in [0.2, 0.25) is 5.02 Å². The highest BCUT2D eigenvalue weighted by atomic mass is 35.5. The number of sulfonamides is 1.